The quantitative estimate of drug-likeness (QED) is 0.806. The summed E-state index contributed by atoms with van der Waals surface area (Å²) in [5, 5.41) is 3.37. The number of hydrogen-bond acceptors (Lipinski definition) is 1. The lowest BCUT2D eigenvalue weighted by Crippen LogP contribution is -2.16. The minimum Gasteiger partial charge on any atom is -0.309 e. The molecular formula is C13H18ClN. The topological polar surface area (TPSA) is 12.0 Å². The molecule has 0 amide bonds. The van der Waals surface area contributed by atoms with Crippen molar-refractivity contribution in [2.45, 2.75) is 26.8 Å². The van der Waals surface area contributed by atoms with Crippen LogP contribution in [0.3, 0.4) is 0 Å². The molecule has 0 unspecified atom stereocenters. The molecular weight excluding hydrogens is 206 g/mol. The molecule has 1 N–H and O–H groups in total. The van der Waals surface area contributed by atoms with Crippen LogP contribution in [0.1, 0.15) is 25.0 Å². The molecule has 0 aliphatic carbocycles. The van der Waals surface area contributed by atoms with Crippen LogP contribution in [0.15, 0.2) is 35.4 Å². The summed E-state index contributed by atoms with van der Waals surface area (Å²) in [6.07, 6.45) is 1.09. The molecule has 2 heteroatoms. The average Bonchev–Trinajstić information content (AvgIpc) is 2.29. The number of benzene rings is 1. The van der Waals surface area contributed by atoms with E-state index < -0.39 is 0 Å². The Labute approximate surface area is 97.1 Å². The molecule has 1 aromatic carbocycles. The lowest BCUT2D eigenvalue weighted by molar-refractivity contribution is 0.733. The van der Waals surface area contributed by atoms with Crippen LogP contribution in [0.4, 0.5) is 0 Å². The summed E-state index contributed by atoms with van der Waals surface area (Å²) in [5.41, 5.74) is 5.57. The van der Waals surface area contributed by atoms with Gasteiger partial charge < -0.3 is 5.32 Å². The van der Waals surface area contributed by atoms with Gasteiger partial charge in [0, 0.05) is 18.6 Å². The molecule has 0 aromatic heterocycles. The second-order valence-corrected chi connectivity index (χ2v) is 3.90. The van der Waals surface area contributed by atoms with E-state index in [9.17, 15) is 0 Å². The van der Waals surface area contributed by atoms with Crippen molar-refractivity contribution >= 4 is 11.6 Å². The first-order valence-electron chi connectivity index (χ1n) is 5.31. The molecule has 15 heavy (non-hydrogen) atoms. The van der Waals surface area contributed by atoms with Crippen LogP contribution in [-0.2, 0) is 13.0 Å². The highest BCUT2D eigenvalue weighted by Gasteiger charge is 1.98. The molecule has 1 rings (SSSR count). The molecule has 0 aliphatic rings. The smallest absolute Gasteiger partial charge is 0.0211 e. The first-order valence-corrected chi connectivity index (χ1v) is 5.75. The van der Waals surface area contributed by atoms with Gasteiger partial charge in [0.15, 0.2) is 0 Å². The SMILES string of the molecule is CCc1ccccc1CNC/C(C)=C/Cl. The highest BCUT2D eigenvalue weighted by atomic mass is 35.5. The Kier molecular flexibility index (Phi) is 5.44. The Morgan fingerprint density at radius 1 is 1.33 bits per heavy atom. The molecule has 0 radical (unpaired) electrons. The Bertz CT molecular complexity index is 331. The zero-order valence-electron chi connectivity index (χ0n) is 9.39. The summed E-state index contributed by atoms with van der Waals surface area (Å²) in [5.74, 6) is 0. The van der Waals surface area contributed by atoms with Crippen LogP contribution in [-0.4, -0.2) is 6.54 Å². The van der Waals surface area contributed by atoms with Gasteiger partial charge in [-0.1, -0.05) is 42.8 Å². The van der Waals surface area contributed by atoms with Crippen molar-refractivity contribution in [2.75, 3.05) is 6.54 Å². The first-order chi connectivity index (χ1) is 7.27. The van der Waals surface area contributed by atoms with Crippen LogP contribution >= 0.6 is 11.6 Å². The molecule has 0 bridgehead atoms. The van der Waals surface area contributed by atoms with Gasteiger partial charge in [-0.25, -0.2) is 0 Å². The van der Waals surface area contributed by atoms with E-state index >= 15 is 0 Å². The molecule has 0 saturated carbocycles. The molecule has 0 aliphatic heterocycles. The molecule has 0 spiro atoms. The molecule has 1 aromatic rings. The molecule has 0 heterocycles. The zero-order valence-corrected chi connectivity index (χ0v) is 10.1. The van der Waals surface area contributed by atoms with Crippen molar-refractivity contribution in [1.29, 1.82) is 0 Å². The summed E-state index contributed by atoms with van der Waals surface area (Å²) in [4.78, 5) is 0. The fourth-order valence-corrected chi connectivity index (χ4v) is 1.58. The fourth-order valence-electron chi connectivity index (χ4n) is 1.51. The first kappa shape index (κ1) is 12.3. The second kappa shape index (κ2) is 6.65. The van der Waals surface area contributed by atoms with E-state index in [0.717, 1.165) is 25.1 Å². The Morgan fingerprint density at radius 3 is 2.60 bits per heavy atom. The van der Waals surface area contributed by atoms with Crippen LogP contribution in [0, 0.1) is 0 Å². The highest BCUT2D eigenvalue weighted by molar-refractivity contribution is 6.25. The molecule has 0 saturated heterocycles. The summed E-state index contributed by atoms with van der Waals surface area (Å²) >= 11 is 5.59. The van der Waals surface area contributed by atoms with Gasteiger partial charge in [-0.2, -0.15) is 0 Å². The van der Waals surface area contributed by atoms with Crippen LogP contribution in [0.25, 0.3) is 0 Å². The number of aryl methyl sites for hydroxylation is 1. The van der Waals surface area contributed by atoms with E-state index in [0.29, 0.717) is 0 Å². The van der Waals surface area contributed by atoms with E-state index in [-0.39, 0.29) is 0 Å². The lowest BCUT2D eigenvalue weighted by Gasteiger charge is -2.08. The maximum absolute atomic E-state index is 5.59. The zero-order chi connectivity index (χ0) is 11.1. The summed E-state index contributed by atoms with van der Waals surface area (Å²) in [7, 11) is 0. The molecule has 0 atom stereocenters. The normalized spacial score (nSPS) is 11.8. The predicted molar refractivity (Wildman–Crippen MR) is 67.1 cm³/mol. The highest BCUT2D eigenvalue weighted by Crippen LogP contribution is 2.08. The van der Waals surface area contributed by atoms with Crippen molar-refractivity contribution in [3.05, 3.63) is 46.5 Å². The van der Waals surface area contributed by atoms with E-state index in [1.807, 2.05) is 6.92 Å². The Morgan fingerprint density at radius 2 is 2.00 bits per heavy atom. The van der Waals surface area contributed by atoms with Gasteiger partial charge in [-0.3, -0.25) is 0 Å². The van der Waals surface area contributed by atoms with Gasteiger partial charge in [0.05, 0.1) is 0 Å². The fraction of sp³-hybridized carbons (Fsp3) is 0.385. The standard InChI is InChI=1S/C13H18ClN/c1-3-12-6-4-5-7-13(12)10-15-9-11(2)8-14/h4-8,15H,3,9-10H2,1-2H3/b11-8+. The number of halogens is 1. The average molecular weight is 224 g/mol. The summed E-state index contributed by atoms with van der Waals surface area (Å²) < 4.78 is 0. The van der Waals surface area contributed by atoms with Gasteiger partial charge in [-0.05, 0) is 30.0 Å². The molecule has 82 valence electrons. The van der Waals surface area contributed by atoms with E-state index in [1.165, 1.54) is 11.1 Å². The minimum atomic E-state index is 0.849. The van der Waals surface area contributed by atoms with Gasteiger partial charge in [-0.15, -0.1) is 0 Å². The number of hydrogen-bond donors (Lipinski definition) is 1. The maximum Gasteiger partial charge on any atom is 0.0211 e. The number of rotatable bonds is 5. The van der Waals surface area contributed by atoms with Crippen molar-refractivity contribution in [2.24, 2.45) is 0 Å². The number of nitrogens with one attached hydrogen (secondary N) is 1. The van der Waals surface area contributed by atoms with Crippen LogP contribution in [0.5, 0.6) is 0 Å². The third-order valence-corrected chi connectivity index (χ3v) is 2.78. The predicted octanol–water partition coefficient (Wildman–Crippen LogP) is 3.48. The summed E-state index contributed by atoms with van der Waals surface area (Å²) in [6.45, 7) is 5.96. The maximum atomic E-state index is 5.59. The van der Waals surface area contributed by atoms with E-state index in [1.54, 1.807) is 5.54 Å². The van der Waals surface area contributed by atoms with E-state index in [4.69, 9.17) is 11.6 Å². The van der Waals surface area contributed by atoms with Crippen LogP contribution in [0.2, 0.25) is 0 Å². The molecule has 1 nitrogen and oxygen atoms in total. The Hall–Kier alpha value is -0.790. The van der Waals surface area contributed by atoms with E-state index in [2.05, 4.69) is 36.5 Å². The third-order valence-electron chi connectivity index (χ3n) is 2.40. The minimum absolute atomic E-state index is 0.849. The van der Waals surface area contributed by atoms with Gasteiger partial charge in [0.25, 0.3) is 0 Å². The van der Waals surface area contributed by atoms with Crippen molar-refractivity contribution in [3.63, 3.8) is 0 Å². The van der Waals surface area contributed by atoms with Crippen LogP contribution < -0.4 is 5.32 Å². The monoisotopic (exact) mass is 223 g/mol. The second-order valence-electron chi connectivity index (χ2n) is 3.68. The van der Waals surface area contributed by atoms with Crippen molar-refractivity contribution < 1.29 is 0 Å². The summed E-state index contributed by atoms with van der Waals surface area (Å²) in [6, 6.07) is 8.53. The Balaban J connectivity index is 2.50. The van der Waals surface area contributed by atoms with Crippen molar-refractivity contribution in [3.8, 4) is 0 Å². The van der Waals surface area contributed by atoms with Gasteiger partial charge >= 0.3 is 0 Å². The van der Waals surface area contributed by atoms with Gasteiger partial charge in [0.2, 0.25) is 0 Å². The largest absolute Gasteiger partial charge is 0.309 e. The lowest BCUT2D eigenvalue weighted by atomic mass is 10.1. The van der Waals surface area contributed by atoms with Crippen molar-refractivity contribution in [1.82, 2.24) is 5.32 Å². The molecule has 0 fully saturated rings. The third kappa shape index (κ3) is 4.06. The van der Waals surface area contributed by atoms with Gasteiger partial charge in [0.1, 0.15) is 0 Å².